The Balaban J connectivity index is 2.06. The van der Waals surface area contributed by atoms with Gasteiger partial charge in [0.2, 0.25) is 0 Å². The Morgan fingerprint density at radius 2 is 2.20 bits per heavy atom. The van der Waals surface area contributed by atoms with E-state index in [9.17, 15) is 0 Å². The molecule has 1 saturated carbocycles. The van der Waals surface area contributed by atoms with Crippen molar-refractivity contribution in [2.75, 3.05) is 0 Å². The van der Waals surface area contributed by atoms with Crippen molar-refractivity contribution in [3.63, 3.8) is 0 Å². The molecule has 1 heteroatoms. The second-order valence-corrected chi connectivity index (χ2v) is 4.52. The van der Waals surface area contributed by atoms with Crippen LogP contribution >= 0.6 is 9.24 Å². The van der Waals surface area contributed by atoms with Gasteiger partial charge in [-0.3, -0.25) is 0 Å². The molecule has 0 aliphatic heterocycles. The Labute approximate surface area is 67.0 Å². The van der Waals surface area contributed by atoms with Crippen LogP contribution in [0.4, 0.5) is 0 Å². The lowest BCUT2D eigenvalue weighted by Gasteiger charge is -2.06. The monoisotopic (exact) mass is 158 g/mol. The molecular formula is C9H19P. The maximum absolute atomic E-state index is 2.96. The lowest BCUT2D eigenvalue weighted by molar-refractivity contribution is 0.481. The molecule has 0 amide bonds. The highest BCUT2D eigenvalue weighted by Gasteiger charge is 2.20. The Kier molecular flexibility index (Phi) is 3.70. The summed E-state index contributed by atoms with van der Waals surface area (Å²) in [7, 11) is 2.96. The van der Waals surface area contributed by atoms with E-state index in [1.807, 2.05) is 0 Å². The highest BCUT2D eigenvalue weighted by molar-refractivity contribution is 7.17. The lowest BCUT2D eigenvalue weighted by Crippen LogP contribution is -1.94. The van der Waals surface area contributed by atoms with Crippen LogP contribution in [-0.2, 0) is 0 Å². The summed E-state index contributed by atoms with van der Waals surface area (Å²) in [6.07, 6.45) is 8.74. The summed E-state index contributed by atoms with van der Waals surface area (Å²) >= 11 is 0. The van der Waals surface area contributed by atoms with E-state index in [1.165, 1.54) is 38.5 Å². The van der Waals surface area contributed by atoms with E-state index in [4.69, 9.17) is 0 Å². The first-order chi connectivity index (χ1) is 4.83. The minimum absolute atomic E-state index is 0.946. The molecule has 0 aromatic carbocycles. The predicted octanol–water partition coefficient (Wildman–Crippen LogP) is 3.22. The second kappa shape index (κ2) is 4.34. The van der Waals surface area contributed by atoms with Gasteiger partial charge in [-0.05, 0) is 30.8 Å². The zero-order valence-corrected chi connectivity index (χ0v) is 8.13. The van der Waals surface area contributed by atoms with Crippen LogP contribution in [0.3, 0.4) is 0 Å². The summed E-state index contributed by atoms with van der Waals surface area (Å²) in [6.45, 7) is 2.28. The smallest absolute Gasteiger partial charge is 0.0261 e. The molecular weight excluding hydrogens is 139 g/mol. The molecule has 0 N–H and O–H groups in total. The number of rotatable bonds is 3. The Bertz CT molecular complexity index is 90.7. The molecule has 0 radical (unpaired) electrons. The standard InChI is InChI=1S/C9H19P/c1-2-3-4-8-5-6-9(10)7-8/h8-9H,2-7,10H2,1H3. The minimum Gasteiger partial charge on any atom is -0.134 e. The SMILES string of the molecule is CCCCC1CCC(P)C1. The average molecular weight is 158 g/mol. The topological polar surface area (TPSA) is 0 Å². The summed E-state index contributed by atoms with van der Waals surface area (Å²) < 4.78 is 0. The van der Waals surface area contributed by atoms with E-state index in [0.717, 1.165) is 11.6 Å². The molecule has 3 unspecified atom stereocenters. The van der Waals surface area contributed by atoms with Crippen LogP contribution < -0.4 is 0 Å². The molecule has 1 aliphatic rings. The molecule has 3 atom stereocenters. The first-order valence-electron chi connectivity index (χ1n) is 4.58. The maximum atomic E-state index is 2.96. The highest BCUT2D eigenvalue weighted by atomic mass is 31.0. The van der Waals surface area contributed by atoms with E-state index in [2.05, 4.69) is 16.2 Å². The summed E-state index contributed by atoms with van der Waals surface area (Å²) in [5.74, 6) is 1.07. The van der Waals surface area contributed by atoms with Crippen LogP contribution in [0.2, 0.25) is 0 Å². The van der Waals surface area contributed by atoms with Gasteiger partial charge in [0.05, 0.1) is 0 Å². The van der Waals surface area contributed by atoms with Crippen molar-refractivity contribution >= 4 is 9.24 Å². The van der Waals surface area contributed by atoms with Gasteiger partial charge in [0.1, 0.15) is 0 Å². The van der Waals surface area contributed by atoms with Crippen molar-refractivity contribution in [3.8, 4) is 0 Å². The highest BCUT2D eigenvalue weighted by Crippen LogP contribution is 2.33. The molecule has 10 heavy (non-hydrogen) atoms. The van der Waals surface area contributed by atoms with Crippen LogP contribution in [-0.4, -0.2) is 5.66 Å². The fourth-order valence-corrected chi connectivity index (χ4v) is 2.45. The van der Waals surface area contributed by atoms with Gasteiger partial charge < -0.3 is 0 Å². The number of hydrogen-bond acceptors (Lipinski definition) is 0. The molecule has 60 valence electrons. The summed E-state index contributed by atoms with van der Waals surface area (Å²) in [6, 6.07) is 0. The molecule has 1 aliphatic carbocycles. The molecule has 0 aromatic heterocycles. The van der Waals surface area contributed by atoms with Gasteiger partial charge in [0.15, 0.2) is 0 Å². The van der Waals surface area contributed by atoms with E-state index < -0.39 is 0 Å². The van der Waals surface area contributed by atoms with Crippen molar-refractivity contribution in [1.82, 2.24) is 0 Å². The normalized spacial score (nSPS) is 33.0. The maximum Gasteiger partial charge on any atom is -0.0261 e. The largest absolute Gasteiger partial charge is 0.134 e. The minimum atomic E-state index is 0.946. The van der Waals surface area contributed by atoms with Gasteiger partial charge in [-0.15, -0.1) is 9.24 Å². The molecule has 0 saturated heterocycles. The van der Waals surface area contributed by atoms with Gasteiger partial charge in [0.25, 0.3) is 0 Å². The van der Waals surface area contributed by atoms with Crippen LogP contribution in [0.1, 0.15) is 45.4 Å². The zero-order chi connectivity index (χ0) is 7.40. The third kappa shape index (κ3) is 2.58. The second-order valence-electron chi connectivity index (χ2n) is 3.58. The zero-order valence-electron chi connectivity index (χ0n) is 6.97. The molecule has 0 heterocycles. The third-order valence-corrected chi connectivity index (χ3v) is 3.15. The Morgan fingerprint density at radius 3 is 2.70 bits per heavy atom. The lowest BCUT2D eigenvalue weighted by atomic mass is 10.0. The molecule has 0 aromatic rings. The molecule has 1 fully saturated rings. The van der Waals surface area contributed by atoms with Crippen LogP contribution in [0.25, 0.3) is 0 Å². The quantitative estimate of drug-likeness (QED) is 0.553. The molecule has 0 nitrogen and oxygen atoms in total. The predicted molar refractivity (Wildman–Crippen MR) is 50.4 cm³/mol. The Morgan fingerprint density at radius 1 is 1.40 bits per heavy atom. The van der Waals surface area contributed by atoms with Crippen LogP contribution in [0.5, 0.6) is 0 Å². The average Bonchev–Trinajstić information content (AvgIpc) is 2.31. The van der Waals surface area contributed by atoms with Gasteiger partial charge >= 0.3 is 0 Å². The molecule has 0 spiro atoms. The van der Waals surface area contributed by atoms with E-state index in [0.29, 0.717) is 0 Å². The summed E-state index contributed by atoms with van der Waals surface area (Å²) in [5.41, 5.74) is 0.946. The van der Waals surface area contributed by atoms with E-state index >= 15 is 0 Å². The number of unbranched alkanes of at least 4 members (excludes halogenated alkanes) is 1. The van der Waals surface area contributed by atoms with E-state index in [-0.39, 0.29) is 0 Å². The number of hydrogen-bond donors (Lipinski definition) is 0. The van der Waals surface area contributed by atoms with Gasteiger partial charge in [0, 0.05) is 0 Å². The van der Waals surface area contributed by atoms with Gasteiger partial charge in [-0.25, -0.2) is 0 Å². The van der Waals surface area contributed by atoms with Crippen molar-refractivity contribution in [2.45, 2.75) is 51.1 Å². The summed E-state index contributed by atoms with van der Waals surface area (Å²) in [5, 5.41) is 0. The fraction of sp³-hybridized carbons (Fsp3) is 1.00. The van der Waals surface area contributed by atoms with Crippen LogP contribution in [0.15, 0.2) is 0 Å². The van der Waals surface area contributed by atoms with E-state index in [1.54, 1.807) is 0 Å². The molecule has 0 bridgehead atoms. The third-order valence-electron chi connectivity index (χ3n) is 2.55. The Hall–Kier alpha value is 0.430. The first kappa shape index (κ1) is 8.53. The van der Waals surface area contributed by atoms with Gasteiger partial charge in [-0.1, -0.05) is 26.2 Å². The first-order valence-corrected chi connectivity index (χ1v) is 5.25. The fourth-order valence-electron chi connectivity index (χ4n) is 1.87. The van der Waals surface area contributed by atoms with Gasteiger partial charge in [-0.2, -0.15) is 0 Å². The summed E-state index contributed by atoms with van der Waals surface area (Å²) in [4.78, 5) is 0. The molecule has 1 rings (SSSR count). The van der Waals surface area contributed by atoms with Crippen molar-refractivity contribution < 1.29 is 0 Å². The van der Waals surface area contributed by atoms with Crippen molar-refractivity contribution in [3.05, 3.63) is 0 Å². The van der Waals surface area contributed by atoms with Crippen molar-refractivity contribution in [2.24, 2.45) is 5.92 Å². The van der Waals surface area contributed by atoms with Crippen LogP contribution in [0, 0.1) is 5.92 Å². The van der Waals surface area contributed by atoms with Crippen molar-refractivity contribution in [1.29, 1.82) is 0 Å².